The second kappa shape index (κ2) is 5.36. The maximum absolute atomic E-state index is 12.5. The predicted molar refractivity (Wildman–Crippen MR) is 74.0 cm³/mol. The highest BCUT2D eigenvalue weighted by Gasteiger charge is 2.43. The van der Waals surface area contributed by atoms with Crippen molar-refractivity contribution in [1.29, 1.82) is 0 Å². The topological polar surface area (TPSA) is 84.2 Å². The summed E-state index contributed by atoms with van der Waals surface area (Å²) in [5, 5.41) is -0.489. The molecule has 2 rings (SSSR count). The van der Waals surface area contributed by atoms with E-state index in [2.05, 4.69) is 10.9 Å². The average Bonchev–Trinajstić information content (AvgIpc) is 2.71. The molecule has 1 fully saturated rings. The normalized spacial score (nSPS) is 28.5. The van der Waals surface area contributed by atoms with Crippen molar-refractivity contribution >= 4 is 33.2 Å². The summed E-state index contributed by atoms with van der Waals surface area (Å²) in [5.41, 5.74) is 11.4. The lowest BCUT2D eigenvalue weighted by Gasteiger charge is -2.19. The van der Waals surface area contributed by atoms with Gasteiger partial charge >= 0.3 is 0 Å². The van der Waals surface area contributed by atoms with Crippen molar-refractivity contribution in [2.24, 2.45) is 5.73 Å². The number of halogens is 1. The van der Waals surface area contributed by atoms with Gasteiger partial charge < -0.3 is 5.73 Å². The van der Waals surface area contributed by atoms with E-state index in [0.717, 1.165) is 0 Å². The molecule has 0 aromatic heterocycles. The first-order chi connectivity index (χ1) is 8.46. The van der Waals surface area contributed by atoms with Gasteiger partial charge in [0.15, 0.2) is 9.84 Å². The number of rotatable bonds is 3. The van der Waals surface area contributed by atoms with Crippen LogP contribution in [-0.4, -0.2) is 31.5 Å². The van der Waals surface area contributed by atoms with Crippen LogP contribution in [0.4, 0.5) is 0 Å². The van der Waals surface area contributed by atoms with Gasteiger partial charge in [-0.15, -0.1) is 11.8 Å². The van der Waals surface area contributed by atoms with Crippen molar-refractivity contribution in [2.75, 3.05) is 6.26 Å². The van der Waals surface area contributed by atoms with Gasteiger partial charge in [-0.3, -0.25) is 0 Å². The van der Waals surface area contributed by atoms with E-state index in [0.29, 0.717) is 5.02 Å². The summed E-state index contributed by atoms with van der Waals surface area (Å²) in [5.74, 6) is 0. The number of thioether (sulfide) groups is 1. The van der Waals surface area contributed by atoms with Crippen molar-refractivity contribution in [3.63, 3.8) is 0 Å². The molecular formula is C10H14ClN3O2S2. The van der Waals surface area contributed by atoms with Gasteiger partial charge in [-0.1, -0.05) is 11.6 Å². The highest BCUT2D eigenvalue weighted by Crippen LogP contribution is 2.27. The molecule has 0 bridgehead atoms. The van der Waals surface area contributed by atoms with Gasteiger partial charge in [-0.05, 0) is 30.5 Å². The van der Waals surface area contributed by atoms with Crippen LogP contribution in [0.5, 0.6) is 0 Å². The molecule has 1 aromatic rings. The van der Waals surface area contributed by atoms with Crippen LogP contribution in [0.25, 0.3) is 0 Å². The smallest absolute Gasteiger partial charge is 0.186 e. The average molecular weight is 308 g/mol. The van der Waals surface area contributed by atoms with Crippen molar-refractivity contribution in [2.45, 2.75) is 21.7 Å². The third kappa shape index (κ3) is 2.52. The zero-order valence-corrected chi connectivity index (χ0v) is 12.0. The van der Waals surface area contributed by atoms with Crippen LogP contribution in [-0.2, 0) is 9.84 Å². The van der Waals surface area contributed by atoms with Crippen molar-refractivity contribution in [1.82, 2.24) is 10.9 Å². The third-order valence-corrected chi connectivity index (χ3v) is 6.35. The first-order valence-corrected chi connectivity index (χ1v) is 8.47. The lowest BCUT2D eigenvalue weighted by molar-refractivity contribution is 0.549. The lowest BCUT2D eigenvalue weighted by Crippen LogP contribution is -2.45. The molecule has 0 radical (unpaired) electrons. The molecule has 0 amide bonds. The summed E-state index contributed by atoms with van der Waals surface area (Å²) in [6, 6.07) is 6.12. The second-order valence-electron chi connectivity index (χ2n) is 3.93. The molecule has 0 spiro atoms. The molecule has 18 heavy (non-hydrogen) atoms. The minimum atomic E-state index is -3.50. The third-order valence-electron chi connectivity index (χ3n) is 2.80. The number of nitrogens with two attached hydrogens (primary N) is 1. The summed E-state index contributed by atoms with van der Waals surface area (Å²) in [6.07, 6.45) is 1.20. The lowest BCUT2D eigenvalue weighted by atomic mass is 10.4. The molecule has 8 heteroatoms. The quantitative estimate of drug-likeness (QED) is 0.757. The largest absolute Gasteiger partial charge is 0.314 e. The standard InChI is InChI=1S/C10H14ClN3O2S2/c1-17-10-8(9(12)13-14-10)18(15,16)7-4-2-6(11)3-5-7/h2-5,8-10,13-14H,12H2,1H3. The summed E-state index contributed by atoms with van der Waals surface area (Å²) in [6.45, 7) is 0. The van der Waals surface area contributed by atoms with E-state index in [1.807, 2.05) is 6.26 Å². The molecule has 1 aromatic carbocycles. The molecule has 1 aliphatic rings. The van der Waals surface area contributed by atoms with Crippen molar-refractivity contribution < 1.29 is 8.42 Å². The highest BCUT2D eigenvalue weighted by molar-refractivity contribution is 8.01. The minimum absolute atomic E-state index is 0.233. The Morgan fingerprint density at radius 2 is 1.89 bits per heavy atom. The van der Waals surface area contributed by atoms with Crippen LogP contribution in [0.15, 0.2) is 29.2 Å². The molecular weight excluding hydrogens is 294 g/mol. The Labute approximate surface area is 115 Å². The Bertz CT molecular complexity index is 520. The van der Waals surface area contributed by atoms with E-state index in [4.69, 9.17) is 17.3 Å². The maximum atomic E-state index is 12.5. The monoisotopic (exact) mass is 307 g/mol. The van der Waals surface area contributed by atoms with Crippen LogP contribution in [0, 0.1) is 0 Å². The van der Waals surface area contributed by atoms with Gasteiger partial charge in [-0.2, -0.15) is 0 Å². The van der Waals surface area contributed by atoms with Crippen LogP contribution < -0.4 is 16.6 Å². The van der Waals surface area contributed by atoms with E-state index < -0.39 is 21.3 Å². The van der Waals surface area contributed by atoms with Gasteiger partial charge in [0.2, 0.25) is 0 Å². The van der Waals surface area contributed by atoms with E-state index in [1.54, 1.807) is 12.1 Å². The number of hydrogen-bond acceptors (Lipinski definition) is 6. The SMILES string of the molecule is CSC1NNC(N)C1S(=O)(=O)c1ccc(Cl)cc1. The summed E-state index contributed by atoms with van der Waals surface area (Å²) in [7, 11) is -3.50. The molecule has 3 unspecified atom stereocenters. The fourth-order valence-corrected chi connectivity index (χ4v) is 5.06. The fourth-order valence-electron chi connectivity index (χ4n) is 1.86. The molecule has 0 aliphatic carbocycles. The molecule has 3 atom stereocenters. The molecule has 100 valence electrons. The minimum Gasteiger partial charge on any atom is -0.314 e. The summed E-state index contributed by atoms with van der Waals surface area (Å²) < 4.78 is 25.0. The van der Waals surface area contributed by atoms with E-state index in [-0.39, 0.29) is 10.3 Å². The van der Waals surface area contributed by atoms with Crippen LogP contribution in [0.3, 0.4) is 0 Å². The van der Waals surface area contributed by atoms with Crippen molar-refractivity contribution in [3.05, 3.63) is 29.3 Å². The first kappa shape index (κ1) is 14.1. The predicted octanol–water partition coefficient (Wildman–Crippen LogP) is 0.564. The zero-order valence-electron chi connectivity index (χ0n) is 9.63. The molecule has 0 saturated carbocycles. The van der Waals surface area contributed by atoms with Gasteiger partial charge in [0, 0.05) is 5.02 Å². The van der Waals surface area contributed by atoms with Crippen LogP contribution in [0.2, 0.25) is 5.02 Å². The van der Waals surface area contributed by atoms with E-state index in [1.165, 1.54) is 23.9 Å². The van der Waals surface area contributed by atoms with Crippen LogP contribution >= 0.6 is 23.4 Å². The summed E-state index contributed by atoms with van der Waals surface area (Å²) >= 11 is 7.17. The Morgan fingerprint density at radius 1 is 1.28 bits per heavy atom. The van der Waals surface area contributed by atoms with Crippen LogP contribution in [0.1, 0.15) is 0 Å². The van der Waals surface area contributed by atoms with Gasteiger partial charge in [0.25, 0.3) is 0 Å². The Balaban J connectivity index is 2.38. The van der Waals surface area contributed by atoms with Gasteiger partial charge in [0.05, 0.1) is 16.4 Å². The number of hydrogen-bond donors (Lipinski definition) is 3. The number of nitrogens with one attached hydrogen (secondary N) is 2. The fraction of sp³-hybridized carbons (Fsp3) is 0.400. The van der Waals surface area contributed by atoms with Gasteiger partial charge in [0.1, 0.15) is 5.25 Å². The molecule has 1 saturated heterocycles. The Kier molecular flexibility index (Phi) is 4.20. The zero-order chi connectivity index (χ0) is 13.3. The van der Waals surface area contributed by atoms with Crippen molar-refractivity contribution in [3.8, 4) is 0 Å². The van der Waals surface area contributed by atoms with E-state index in [9.17, 15) is 8.42 Å². The first-order valence-electron chi connectivity index (χ1n) is 5.25. The van der Waals surface area contributed by atoms with Gasteiger partial charge in [-0.25, -0.2) is 19.3 Å². The molecule has 4 N–H and O–H groups in total. The maximum Gasteiger partial charge on any atom is 0.186 e. The number of hydrazine groups is 1. The van der Waals surface area contributed by atoms with E-state index >= 15 is 0 Å². The molecule has 1 heterocycles. The number of benzene rings is 1. The second-order valence-corrected chi connectivity index (χ2v) is 7.46. The highest BCUT2D eigenvalue weighted by atomic mass is 35.5. The number of sulfone groups is 1. The Morgan fingerprint density at radius 3 is 2.44 bits per heavy atom. The molecule has 1 aliphatic heterocycles. The Hall–Kier alpha value is -0.310. The summed E-state index contributed by atoms with van der Waals surface area (Å²) in [4.78, 5) is 0.233. The molecule has 5 nitrogen and oxygen atoms in total.